The van der Waals surface area contributed by atoms with Crippen molar-refractivity contribution in [3.63, 3.8) is 0 Å². The van der Waals surface area contributed by atoms with E-state index in [0.717, 1.165) is 0 Å². The number of benzene rings is 1. The molecular formula is C64H104N14O21. The molecule has 1 aromatic rings. The van der Waals surface area contributed by atoms with Gasteiger partial charge in [-0.2, -0.15) is 0 Å². The number of hydrogen-bond acceptors (Lipinski definition) is 22. The van der Waals surface area contributed by atoms with Crippen LogP contribution in [0.25, 0.3) is 0 Å². The Labute approximate surface area is 576 Å². The summed E-state index contributed by atoms with van der Waals surface area (Å²) in [6.45, 7) is 9.76. The molecule has 2 saturated heterocycles. The minimum absolute atomic E-state index is 0.000986. The van der Waals surface area contributed by atoms with Crippen molar-refractivity contribution in [1.29, 1.82) is 0 Å². The number of aliphatic hydroxyl groups is 1. The highest BCUT2D eigenvalue weighted by Crippen LogP contribution is 2.16. The molecule has 0 saturated carbocycles. The van der Waals surface area contributed by atoms with E-state index in [-0.39, 0.29) is 174 Å². The summed E-state index contributed by atoms with van der Waals surface area (Å²) < 4.78 is 0. The van der Waals surface area contributed by atoms with E-state index in [0.29, 0.717) is 30.4 Å². The molecule has 35 nitrogen and oxygen atoms in total. The molecule has 0 radical (unpaired) electrons. The third-order valence-electron chi connectivity index (χ3n) is 17.1. The van der Waals surface area contributed by atoms with Gasteiger partial charge in [0.2, 0.25) is 35.9 Å². The van der Waals surface area contributed by atoms with Gasteiger partial charge < -0.3 is 72.8 Å². The van der Waals surface area contributed by atoms with Gasteiger partial charge in [-0.3, -0.25) is 102 Å². The Balaban J connectivity index is 1.88. The zero-order valence-corrected chi connectivity index (χ0v) is 57.2. The molecule has 0 aliphatic carbocycles. The molecule has 2 aliphatic rings. The van der Waals surface area contributed by atoms with Crippen LogP contribution in [0.3, 0.4) is 0 Å². The number of carbonyl (C=O) groups excluding carboxylic acids is 6. The summed E-state index contributed by atoms with van der Waals surface area (Å²) in [6.07, 6.45) is -0.393. The topological polar surface area (TPSA) is 482 Å². The first-order valence-corrected chi connectivity index (χ1v) is 33.3. The van der Waals surface area contributed by atoms with Crippen molar-refractivity contribution >= 4 is 77.7 Å². The summed E-state index contributed by atoms with van der Waals surface area (Å²) in [5, 5.41) is 95.9. The molecule has 556 valence electrons. The maximum absolute atomic E-state index is 14.2. The van der Waals surface area contributed by atoms with E-state index in [4.69, 9.17) is 0 Å². The number of carboxylic acid groups (broad SMARTS) is 7. The van der Waals surface area contributed by atoms with Crippen LogP contribution < -0.4 is 31.9 Å². The average Bonchev–Trinajstić information content (AvgIpc) is 0.902. The van der Waals surface area contributed by atoms with E-state index in [1.807, 2.05) is 20.8 Å². The number of amides is 6. The first-order chi connectivity index (χ1) is 46.8. The number of hydrogen-bond donors (Lipinski definition) is 14. The molecule has 3 rings (SSSR count). The summed E-state index contributed by atoms with van der Waals surface area (Å²) >= 11 is 0. The molecule has 1 aromatic carbocycles. The van der Waals surface area contributed by atoms with E-state index in [2.05, 4.69) is 38.5 Å². The maximum Gasteiger partial charge on any atom is 0.320 e. The Bertz CT molecular complexity index is 2770. The van der Waals surface area contributed by atoms with Crippen LogP contribution in [0, 0.1) is 11.8 Å². The highest BCUT2D eigenvalue weighted by atomic mass is 16.4. The van der Waals surface area contributed by atoms with Crippen molar-refractivity contribution in [1.82, 2.24) is 71.1 Å². The van der Waals surface area contributed by atoms with Gasteiger partial charge in [-0.05, 0) is 48.6 Å². The Morgan fingerprint density at radius 1 is 0.455 bits per heavy atom. The number of nitrogens with zero attached hydrogens (tertiary/aromatic N) is 8. The van der Waals surface area contributed by atoms with Gasteiger partial charge in [0.25, 0.3) is 0 Å². The van der Waals surface area contributed by atoms with Crippen molar-refractivity contribution in [2.75, 3.05) is 151 Å². The van der Waals surface area contributed by atoms with Gasteiger partial charge in [0, 0.05) is 137 Å². The van der Waals surface area contributed by atoms with E-state index in [1.165, 1.54) is 14.7 Å². The van der Waals surface area contributed by atoms with Crippen molar-refractivity contribution in [2.45, 2.75) is 116 Å². The second-order valence-corrected chi connectivity index (χ2v) is 25.4. The second-order valence-electron chi connectivity index (χ2n) is 25.4. The predicted molar refractivity (Wildman–Crippen MR) is 357 cm³/mol. The van der Waals surface area contributed by atoms with Crippen LogP contribution in [-0.2, 0) is 75.4 Å². The lowest BCUT2D eigenvalue weighted by molar-refractivity contribution is -0.145. The van der Waals surface area contributed by atoms with Gasteiger partial charge in [0.15, 0.2) is 0 Å². The van der Waals surface area contributed by atoms with Gasteiger partial charge in [-0.1, -0.05) is 65.0 Å². The number of aliphatic carboxylic acids is 7. The molecule has 2 heterocycles. The Kier molecular flexibility index (Phi) is 38.8. The molecule has 6 atom stereocenters. The molecule has 35 heteroatoms. The van der Waals surface area contributed by atoms with Gasteiger partial charge in [0.1, 0.15) is 30.2 Å². The quantitative estimate of drug-likeness (QED) is 0.0230. The lowest BCUT2D eigenvalue weighted by Crippen LogP contribution is -2.54. The molecule has 2 aliphatic heterocycles. The summed E-state index contributed by atoms with van der Waals surface area (Å²) in [5.74, 6) is -12.0. The molecular weight excluding hydrogens is 1300 g/mol. The molecule has 99 heavy (non-hydrogen) atoms. The normalized spacial score (nSPS) is 17.9. The van der Waals surface area contributed by atoms with E-state index in [9.17, 15) is 103 Å². The number of nitrogens with one attached hydrogen (secondary N) is 6. The highest BCUT2D eigenvalue weighted by molar-refractivity contribution is 5.91. The van der Waals surface area contributed by atoms with Gasteiger partial charge in [-0.25, -0.2) is 0 Å². The van der Waals surface area contributed by atoms with Gasteiger partial charge in [-0.15, -0.1) is 0 Å². The fourth-order valence-electron chi connectivity index (χ4n) is 11.5. The standard InChI is InChI=1S/C64H104N14O21/c1-6-44(4)59(68-42-79)62(95)70-49(33-43(2)3)61(94)67-35-47-9-7-46(8-10-47)34-66-60(93)48(69-53(82)14-12-51(64(98)99)78-31-27-75(40-57(89)90)23-21-72(37-54(83)84)22-24-76(28-32-78)41-58(91)92)15-16-65-52(81)13-11-50(63(96)97)77-29-25-73(38-55(85)86)19-17-71(36-45(5)80)18-20-74(26-30-77)39-56(87)88/h7-10,42-44,48-51,59,80H,5-6,11-41H2,1-4H3,(H,65,81)(H,66,93)(H,67,94)(H,68,79)(H,69,82)(H,70,95)(H,83,84)(H,85,86)(H,87,88)(H,89,90)(H,91,92)(H,96,97)(H,98,99)/t44?,48-,49-,50?,51?,59-/m0/s1. The minimum Gasteiger partial charge on any atom is -0.512 e. The average molecular weight is 1410 g/mol. The van der Waals surface area contributed by atoms with E-state index in [1.54, 1.807) is 55.7 Å². The molecule has 0 spiro atoms. The van der Waals surface area contributed by atoms with Crippen LogP contribution in [0.2, 0.25) is 0 Å². The van der Waals surface area contributed by atoms with E-state index < -0.39 is 141 Å². The number of carbonyl (C=O) groups is 13. The fraction of sp³-hybridized carbons (Fsp3) is 0.672. The van der Waals surface area contributed by atoms with Crippen LogP contribution in [0.5, 0.6) is 0 Å². The van der Waals surface area contributed by atoms with Crippen molar-refractivity contribution in [3.8, 4) is 0 Å². The van der Waals surface area contributed by atoms with Crippen LogP contribution in [-0.4, -0.2) is 339 Å². The van der Waals surface area contributed by atoms with E-state index >= 15 is 0 Å². The first kappa shape index (κ1) is 84.8. The summed E-state index contributed by atoms with van der Waals surface area (Å²) in [6, 6.07) is 0.880. The Morgan fingerprint density at radius 3 is 1.12 bits per heavy atom. The van der Waals surface area contributed by atoms with Crippen molar-refractivity contribution < 1.29 is 103 Å². The van der Waals surface area contributed by atoms with Gasteiger partial charge in [0.05, 0.1) is 45.0 Å². The monoisotopic (exact) mass is 1400 g/mol. The summed E-state index contributed by atoms with van der Waals surface area (Å²) in [4.78, 5) is 178. The molecule has 2 fully saturated rings. The molecule has 6 amide bonds. The number of carboxylic acids is 7. The molecule has 0 aromatic heterocycles. The van der Waals surface area contributed by atoms with Crippen molar-refractivity contribution in [3.05, 3.63) is 47.7 Å². The summed E-state index contributed by atoms with van der Waals surface area (Å²) in [5.41, 5.74) is 1.22. The Morgan fingerprint density at radius 2 is 0.798 bits per heavy atom. The minimum atomic E-state index is -1.40. The Hall–Kier alpha value is -8.45. The largest absolute Gasteiger partial charge is 0.512 e. The van der Waals surface area contributed by atoms with Crippen LogP contribution in [0.15, 0.2) is 36.6 Å². The van der Waals surface area contributed by atoms with Crippen LogP contribution in [0.4, 0.5) is 0 Å². The second kappa shape index (κ2) is 45.3. The van der Waals surface area contributed by atoms with Gasteiger partial charge >= 0.3 is 41.8 Å². The molecule has 14 N–H and O–H groups in total. The third kappa shape index (κ3) is 34.7. The lowest BCUT2D eigenvalue weighted by Gasteiger charge is -2.35. The SMILES string of the molecule is C=C(O)CN1CCN(CC(=O)O)CCN(C(CCC(=O)NCC[C@H](NC(=O)CCC(C(=O)O)N2CCN(CC(=O)O)CCN(CC(=O)O)CCN(CC(=O)O)CC2)C(=O)NCc2ccc(CNC(=O)[C@H](CC(C)C)NC(=O)[C@@H](NC=O)C(C)CC)cc2)C(=O)O)CCN(CC(=O)O)CC1. The zero-order valence-electron chi connectivity index (χ0n) is 57.2. The smallest absolute Gasteiger partial charge is 0.320 e. The zero-order chi connectivity index (χ0) is 73.7. The molecule has 3 unspecified atom stereocenters. The summed E-state index contributed by atoms with van der Waals surface area (Å²) in [7, 11) is 0. The lowest BCUT2D eigenvalue weighted by atomic mass is 9.97. The number of aliphatic hydroxyl groups excluding tert-OH is 1. The van der Waals surface area contributed by atoms with Crippen molar-refractivity contribution in [2.24, 2.45) is 11.8 Å². The van der Waals surface area contributed by atoms with Crippen LogP contribution >= 0.6 is 0 Å². The third-order valence-corrected chi connectivity index (χ3v) is 17.1. The van der Waals surface area contributed by atoms with Crippen LogP contribution in [0.1, 0.15) is 83.8 Å². The fourth-order valence-corrected chi connectivity index (χ4v) is 11.5. The molecule has 0 bridgehead atoms. The maximum atomic E-state index is 14.2. The highest BCUT2D eigenvalue weighted by Gasteiger charge is 2.33. The number of rotatable bonds is 40. The first-order valence-electron chi connectivity index (χ1n) is 33.3. The predicted octanol–water partition coefficient (Wildman–Crippen LogP) is -2.99.